The molecular formula is C23H31N7O3. The van der Waals surface area contributed by atoms with Crippen LogP contribution < -0.4 is 10.2 Å². The van der Waals surface area contributed by atoms with E-state index in [2.05, 4.69) is 24.1 Å². The van der Waals surface area contributed by atoms with Crippen molar-refractivity contribution in [3.05, 3.63) is 29.6 Å². The molecule has 3 aromatic heterocycles. The minimum Gasteiger partial charge on any atom is -0.481 e. The van der Waals surface area contributed by atoms with Gasteiger partial charge in [-0.3, -0.25) is 9.48 Å². The Morgan fingerprint density at radius 1 is 1.33 bits per heavy atom. The van der Waals surface area contributed by atoms with Crippen LogP contribution >= 0.6 is 0 Å². The van der Waals surface area contributed by atoms with Gasteiger partial charge in [0.15, 0.2) is 5.82 Å². The van der Waals surface area contributed by atoms with E-state index in [4.69, 9.17) is 19.8 Å². The Morgan fingerprint density at radius 3 is 2.79 bits per heavy atom. The van der Waals surface area contributed by atoms with E-state index < -0.39 is 11.9 Å². The molecule has 33 heavy (non-hydrogen) atoms. The van der Waals surface area contributed by atoms with Gasteiger partial charge in [-0.05, 0) is 37.8 Å². The third kappa shape index (κ3) is 4.90. The van der Waals surface area contributed by atoms with E-state index in [1.54, 1.807) is 6.20 Å². The number of rotatable bonds is 9. The second kappa shape index (κ2) is 9.70. The molecule has 4 rings (SSSR count). The molecule has 1 fully saturated rings. The van der Waals surface area contributed by atoms with Crippen LogP contribution in [0.4, 0.5) is 17.6 Å². The molecule has 0 saturated carbocycles. The SMILES string of the molecule is CCOCCn1nc(C(C)C)c2nc(N3CC[C@@H](C(=O)O)C3)nc(Nc3ccc(C)cn3)c21. The first-order valence-corrected chi connectivity index (χ1v) is 11.4. The first-order chi connectivity index (χ1) is 15.9. The third-order valence-electron chi connectivity index (χ3n) is 5.78. The summed E-state index contributed by atoms with van der Waals surface area (Å²) in [5.74, 6) is 0.720. The maximum Gasteiger partial charge on any atom is 0.308 e. The summed E-state index contributed by atoms with van der Waals surface area (Å²) in [6.07, 6.45) is 2.37. The zero-order valence-corrected chi connectivity index (χ0v) is 19.6. The number of nitrogens with one attached hydrogen (secondary N) is 1. The van der Waals surface area contributed by atoms with Crippen molar-refractivity contribution < 1.29 is 14.6 Å². The maximum atomic E-state index is 11.5. The van der Waals surface area contributed by atoms with Crippen molar-refractivity contribution in [3.8, 4) is 0 Å². The number of anilines is 3. The fourth-order valence-electron chi connectivity index (χ4n) is 3.97. The van der Waals surface area contributed by atoms with Crippen LogP contribution in [0.3, 0.4) is 0 Å². The molecule has 0 radical (unpaired) electrons. The zero-order chi connectivity index (χ0) is 23.5. The molecule has 0 unspecified atom stereocenters. The fourth-order valence-corrected chi connectivity index (χ4v) is 3.97. The summed E-state index contributed by atoms with van der Waals surface area (Å²) in [7, 11) is 0. The molecule has 0 spiro atoms. The van der Waals surface area contributed by atoms with Crippen molar-refractivity contribution in [2.75, 3.05) is 36.5 Å². The van der Waals surface area contributed by atoms with Crippen LogP contribution in [0.5, 0.6) is 0 Å². The van der Waals surface area contributed by atoms with Crippen molar-refractivity contribution in [1.82, 2.24) is 24.7 Å². The summed E-state index contributed by atoms with van der Waals surface area (Å²) in [5, 5.41) is 17.6. The number of aromatic nitrogens is 5. The quantitative estimate of drug-likeness (QED) is 0.470. The maximum absolute atomic E-state index is 11.5. The van der Waals surface area contributed by atoms with Gasteiger partial charge in [-0.25, -0.2) is 9.97 Å². The van der Waals surface area contributed by atoms with Crippen molar-refractivity contribution in [2.45, 2.75) is 46.6 Å². The van der Waals surface area contributed by atoms with Gasteiger partial charge in [-0.15, -0.1) is 0 Å². The lowest BCUT2D eigenvalue weighted by atomic mass is 10.1. The Kier molecular flexibility index (Phi) is 6.73. The van der Waals surface area contributed by atoms with Gasteiger partial charge >= 0.3 is 5.97 Å². The van der Waals surface area contributed by atoms with Gasteiger partial charge in [0.05, 0.1) is 24.8 Å². The van der Waals surface area contributed by atoms with E-state index in [0.717, 1.165) is 22.3 Å². The van der Waals surface area contributed by atoms with Crippen molar-refractivity contribution in [3.63, 3.8) is 0 Å². The predicted octanol–water partition coefficient (Wildman–Crippen LogP) is 3.34. The molecule has 1 atom stereocenters. The average Bonchev–Trinajstić information content (AvgIpc) is 3.41. The van der Waals surface area contributed by atoms with Crippen LogP contribution in [0.1, 0.15) is 44.4 Å². The lowest BCUT2D eigenvalue weighted by Crippen LogP contribution is -2.25. The van der Waals surface area contributed by atoms with Gasteiger partial charge in [0.25, 0.3) is 0 Å². The highest BCUT2D eigenvalue weighted by molar-refractivity contribution is 5.90. The molecule has 10 nitrogen and oxygen atoms in total. The van der Waals surface area contributed by atoms with E-state index >= 15 is 0 Å². The Bertz CT molecular complexity index is 1130. The van der Waals surface area contributed by atoms with Crippen molar-refractivity contribution >= 4 is 34.6 Å². The Morgan fingerprint density at radius 2 is 2.15 bits per heavy atom. The normalized spacial score (nSPS) is 16.2. The Labute approximate surface area is 193 Å². The highest BCUT2D eigenvalue weighted by Gasteiger charge is 2.31. The summed E-state index contributed by atoms with van der Waals surface area (Å²) in [6.45, 7) is 10.8. The molecule has 0 aromatic carbocycles. The van der Waals surface area contributed by atoms with Crippen molar-refractivity contribution in [2.24, 2.45) is 5.92 Å². The second-order valence-electron chi connectivity index (χ2n) is 8.65. The Balaban J connectivity index is 1.82. The number of carboxylic acid groups (broad SMARTS) is 1. The predicted molar refractivity (Wildman–Crippen MR) is 126 cm³/mol. The number of carbonyl (C=O) groups is 1. The zero-order valence-electron chi connectivity index (χ0n) is 19.6. The van der Waals surface area contributed by atoms with Crippen LogP contribution in [-0.2, 0) is 16.1 Å². The van der Waals surface area contributed by atoms with Gasteiger partial charge in [0, 0.05) is 25.9 Å². The molecule has 10 heteroatoms. The molecule has 2 N–H and O–H groups in total. The van der Waals surface area contributed by atoms with Crippen molar-refractivity contribution in [1.29, 1.82) is 0 Å². The van der Waals surface area contributed by atoms with Crippen LogP contribution in [0.25, 0.3) is 11.0 Å². The molecule has 3 aromatic rings. The highest BCUT2D eigenvalue weighted by Crippen LogP contribution is 2.32. The molecule has 0 bridgehead atoms. The number of pyridine rings is 1. The number of ether oxygens (including phenoxy) is 1. The number of fused-ring (bicyclic) bond motifs is 1. The molecule has 1 saturated heterocycles. The molecule has 0 aliphatic carbocycles. The number of hydrogen-bond donors (Lipinski definition) is 2. The summed E-state index contributed by atoms with van der Waals surface area (Å²) < 4.78 is 7.46. The Hall–Kier alpha value is -3.27. The average molecular weight is 454 g/mol. The summed E-state index contributed by atoms with van der Waals surface area (Å²) in [4.78, 5) is 27.6. The lowest BCUT2D eigenvalue weighted by molar-refractivity contribution is -0.140. The van der Waals surface area contributed by atoms with Crippen LogP contribution in [-0.4, -0.2) is 62.1 Å². The number of aliphatic carboxylic acids is 1. The minimum absolute atomic E-state index is 0.152. The minimum atomic E-state index is -0.785. The molecule has 176 valence electrons. The molecular weight excluding hydrogens is 422 g/mol. The van der Waals surface area contributed by atoms with Gasteiger partial charge in [0.2, 0.25) is 5.95 Å². The lowest BCUT2D eigenvalue weighted by Gasteiger charge is -2.18. The van der Waals surface area contributed by atoms with E-state index in [1.807, 2.05) is 35.6 Å². The topological polar surface area (TPSA) is 118 Å². The first-order valence-electron chi connectivity index (χ1n) is 11.4. The van der Waals surface area contributed by atoms with Crippen LogP contribution in [0, 0.1) is 12.8 Å². The third-order valence-corrected chi connectivity index (χ3v) is 5.78. The fraction of sp³-hybridized carbons (Fsp3) is 0.522. The number of aryl methyl sites for hydroxylation is 1. The second-order valence-corrected chi connectivity index (χ2v) is 8.65. The summed E-state index contributed by atoms with van der Waals surface area (Å²) in [6, 6.07) is 3.89. The smallest absolute Gasteiger partial charge is 0.308 e. The van der Waals surface area contributed by atoms with E-state index in [0.29, 0.717) is 56.9 Å². The molecule has 0 amide bonds. The van der Waals surface area contributed by atoms with E-state index in [1.165, 1.54) is 0 Å². The standard InChI is InChI=1S/C23H31N7O3/c1-5-33-11-10-30-20-19(18(28-30)14(2)3)26-23(29-9-8-16(13-29)22(31)32)27-21(20)25-17-7-6-15(4)12-24-17/h6-7,12,14,16H,5,8-11,13H2,1-4H3,(H,31,32)(H,24,25,26,27)/t16-/m1/s1. The molecule has 1 aliphatic rings. The first kappa shape index (κ1) is 22.9. The molecule has 1 aliphatic heterocycles. The number of carboxylic acids is 1. The number of hydrogen-bond acceptors (Lipinski definition) is 8. The van der Waals surface area contributed by atoms with Crippen LogP contribution in [0.15, 0.2) is 18.3 Å². The van der Waals surface area contributed by atoms with Crippen LogP contribution in [0.2, 0.25) is 0 Å². The summed E-state index contributed by atoms with van der Waals surface area (Å²) >= 11 is 0. The molecule has 4 heterocycles. The number of nitrogens with zero attached hydrogens (tertiary/aromatic N) is 6. The largest absolute Gasteiger partial charge is 0.481 e. The van der Waals surface area contributed by atoms with Gasteiger partial charge in [-0.2, -0.15) is 10.1 Å². The monoisotopic (exact) mass is 453 g/mol. The highest BCUT2D eigenvalue weighted by atomic mass is 16.5. The van der Waals surface area contributed by atoms with Gasteiger partial charge < -0.3 is 20.1 Å². The van der Waals surface area contributed by atoms with Gasteiger partial charge in [-0.1, -0.05) is 19.9 Å². The van der Waals surface area contributed by atoms with E-state index in [9.17, 15) is 9.90 Å². The van der Waals surface area contributed by atoms with Gasteiger partial charge in [0.1, 0.15) is 16.9 Å². The van der Waals surface area contributed by atoms with E-state index in [-0.39, 0.29) is 5.92 Å². The summed E-state index contributed by atoms with van der Waals surface area (Å²) in [5.41, 5.74) is 3.49.